The highest BCUT2D eigenvalue weighted by molar-refractivity contribution is 5.98. The first-order valence-electron chi connectivity index (χ1n) is 4.31. The molecule has 0 aromatic heterocycles. The molecule has 0 heterocycles. The molecule has 0 aliphatic heterocycles. The molecule has 0 fully saturated rings. The maximum Gasteiger partial charge on any atom is 0.320 e. The quantitative estimate of drug-likeness (QED) is 0.622. The molecule has 1 atom stereocenters. The number of benzene rings is 1. The number of carbonyl (C=O) groups is 2. The summed E-state index contributed by atoms with van der Waals surface area (Å²) >= 11 is 0. The number of carbonyl (C=O) groups excluding carboxylic acids is 1. The molecule has 0 unspecified atom stereocenters. The van der Waals surface area contributed by atoms with Crippen LogP contribution in [-0.2, 0) is 4.79 Å². The number of rotatable bonds is 4. The first kappa shape index (κ1) is 11.2. The first-order chi connectivity index (χ1) is 7.00. The number of hydrogen-bond donors (Lipinski definition) is 3. The van der Waals surface area contributed by atoms with Gasteiger partial charge in [0, 0.05) is 12.0 Å². The topological polar surface area (TPSA) is 101 Å². The van der Waals surface area contributed by atoms with E-state index in [1.54, 1.807) is 0 Å². The number of aromatic hydroxyl groups is 1. The molecule has 0 bridgehead atoms. The molecule has 0 amide bonds. The second kappa shape index (κ2) is 4.56. The van der Waals surface area contributed by atoms with Gasteiger partial charge in [-0.15, -0.1) is 0 Å². The van der Waals surface area contributed by atoms with Crippen LogP contribution in [0.1, 0.15) is 16.8 Å². The van der Waals surface area contributed by atoms with E-state index in [0.29, 0.717) is 0 Å². The van der Waals surface area contributed by atoms with Crippen LogP contribution in [0, 0.1) is 0 Å². The van der Waals surface area contributed by atoms with Crippen molar-refractivity contribution in [2.75, 3.05) is 0 Å². The zero-order valence-electron chi connectivity index (χ0n) is 7.88. The Morgan fingerprint density at radius 2 is 2.07 bits per heavy atom. The number of phenols is 1. The van der Waals surface area contributed by atoms with Gasteiger partial charge in [0.1, 0.15) is 11.8 Å². The molecule has 15 heavy (non-hydrogen) atoms. The van der Waals surface area contributed by atoms with Crippen LogP contribution in [0.25, 0.3) is 0 Å². The SMILES string of the molecule is N[C@@H](CC(=O)c1cccc(O)c1)C(=O)O. The average molecular weight is 209 g/mol. The molecule has 1 rings (SSSR count). The van der Waals surface area contributed by atoms with Gasteiger partial charge in [-0.05, 0) is 12.1 Å². The van der Waals surface area contributed by atoms with Crippen LogP contribution in [-0.4, -0.2) is 28.0 Å². The molecule has 0 saturated carbocycles. The third-order valence-electron chi connectivity index (χ3n) is 1.89. The molecule has 5 heteroatoms. The molecular formula is C10H11NO4. The smallest absolute Gasteiger partial charge is 0.320 e. The average Bonchev–Trinajstić information content (AvgIpc) is 2.17. The fourth-order valence-corrected chi connectivity index (χ4v) is 1.08. The predicted octanol–water partition coefficient (Wildman–Crippen LogP) is 0.377. The number of phenolic OH excluding ortho intramolecular Hbond substituents is 1. The first-order valence-corrected chi connectivity index (χ1v) is 4.31. The highest BCUT2D eigenvalue weighted by Gasteiger charge is 2.17. The van der Waals surface area contributed by atoms with Crippen LogP contribution in [0.3, 0.4) is 0 Å². The standard InChI is InChI=1S/C10H11NO4/c11-8(10(14)15)5-9(13)6-2-1-3-7(12)4-6/h1-4,8,12H,5,11H2,(H,14,15)/t8-/m0/s1. The van der Waals surface area contributed by atoms with Crippen LogP contribution < -0.4 is 5.73 Å². The maximum absolute atomic E-state index is 11.5. The number of Topliss-reactive ketones (excluding diaryl/α,β-unsaturated/α-hetero) is 1. The Morgan fingerprint density at radius 1 is 1.40 bits per heavy atom. The van der Waals surface area contributed by atoms with Crippen LogP contribution in [0.2, 0.25) is 0 Å². The van der Waals surface area contributed by atoms with Crippen molar-refractivity contribution in [3.05, 3.63) is 29.8 Å². The summed E-state index contributed by atoms with van der Waals surface area (Å²) in [4.78, 5) is 21.9. The minimum Gasteiger partial charge on any atom is -0.508 e. The molecule has 1 aromatic carbocycles. The summed E-state index contributed by atoms with van der Waals surface area (Å²) < 4.78 is 0. The van der Waals surface area contributed by atoms with Gasteiger partial charge in [0.05, 0.1) is 0 Å². The molecule has 0 radical (unpaired) electrons. The van der Waals surface area contributed by atoms with Crippen LogP contribution in [0.4, 0.5) is 0 Å². The summed E-state index contributed by atoms with van der Waals surface area (Å²) in [6, 6.07) is 4.50. The lowest BCUT2D eigenvalue weighted by atomic mass is 10.0. The molecule has 0 aliphatic rings. The van der Waals surface area contributed by atoms with Crippen molar-refractivity contribution in [2.45, 2.75) is 12.5 Å². The second-order valence-corrected chi connectivity index (χ2v) is 3.12. The van der Waals surface area contributed by atoms with Gasteiger partial charge in [-0.2, -0.15) is 0 Å². The Kier molecular flexibility index (Phi) is 3.41. The number of hydrogen-bond acceptors (Lipinski definition) is 4. The third kappa shape index (κ3) is 3.07. The van der Waals surface area contributed by atoms with Crippen molar-refractivity contribution in [1.29, 1.82) is 0 Å². The highest BCUT2D eigenvalue weighted by Crippen LogP contribution is 2.13. The highest BCUT2D eigenvalue weighted by atomic mass is 16.4. The predicted molar refractivity (Wildman–Crippen MR) is 52.7 cm³/mol. The molecule has 0 spiro atoms. The number of aliphatic carboxylic acids is 1. The Hall–Kier alpha value is -1.88. The van der Waals surface area contributed by atoms with Gasteiger partial charge in [-0.3, -0.25) is 9.59 Å². The largest absolute Gasteiger partial charge is 0.508 e. The maximum atomic E-state index is 11.5. The molecule has 1 aromatic rings. The fraction of sp³-hybridized carbons (Fsp3) is 0.200. The van der Waals surface area contributed by atoms with Crippen LogP contribution >= 0.6 is 0 Å². The fourth-order valence-electron chi connectivity index (χ4n) is 1.08. The third-order valence-corrected chi connectivity index (χ3v) is 1.89. The summed E-state index contributed by atoms with van der Waals surface area (Å²) in [5, 5.41) is 17.6. The van der Waals surface area contributed by atoms with Crippen molar-refractivity contribution < 1.29 is 19.8 Å². The van der Waals surface area contributed by atoms with Gasteiger partial charge >= 0.3 is 5.97 Å². The number of carboxylic acids is 1. The lowest BCUT2D eigenvalue weighted by Crippen LogP contribution is -2.32. The minimum atomic E-state index is -1.22. The molecule has 4 N–H and O–H groups in total. The van der Waals surface area contributed by atoms with Gasteiger partial charge in [-0.25, -0.2) is 0 Å². The molecule has 80 valence electrons. The summed E-state index contributed by atoms with van der Waals surface area (Å²) in [7, 11) is 0. The van der Waals surface area contributed by atoms with Crippen molar-refractivity contribution in [1.82, 2.24) is 0 Å². The van der Waals surface area contributed by atoms with E-state index in [0.717, 1.165) is 0 Å². The van der Waals surface area contributed by atoms with Crippen LogP contribution in [0.5, 0.6) is 5.75 Å². The Morgan fingerprint density at radius 3 is 2.60 bits per heavy atom. The second-order valence-electron chi connectivity index (χ2n) is 3.12. The number of carboxylic acid groups (broad SMARTS) is 1. The van der Waals surface area contributed by atoms with E-state index in [4.69, 9.17) is 15.9 Å². The van der Waals surface area contributed by atoms with E-state index < -0.39 is 17.8 Å². The molecule has 5 nitrogen and oxygen atoms in total. The lowest BCUT2D eigenvalue weighted by Gasteiger charge is -2.05. The monoisotopic (exact) mass is 209 g/mol. The van der Waals surface area contributed by atoms with E-state index in [-0.39, 0.29) is 17.7 Å². The number of ketones is 1. The van der Waals surface area contributed by atoms with E-state index in [2.05, 4.69) is 0 Å². The van der Waals surface area contributed by atoms with Gasteiger partial charge < -0.3 is 15.9 Å². The van der Waals surface area contributed by atoms with E-state index in [1.807, 2.05) is 0 Å². The minimum absolute atomic E-state index is 0.0373. The molecule has 0 saturated heterocycles. The van der Waals surface area contributed by atoms with E-state index >= 15 is 0 Å². The van der Waals surface area contributed by atoms with E-state index in [9.17, 15) is 9.59 Å². The van der Waals surface area contributed by atoms with Gasteiger partial charge in [0.15, 0.2) is 5.78 Å². The zero-order valence-corrected chi connectivity index (χ0v) is 7.88. The van der Waals surface area contributed by atoms with Crippen molar-refractivity contribution in [2.24, 2.45) is 5.73 Å². The van der Waals surface area contributed by atoms with Gasteiger partial charge in [-0.1, -0.05) is 12.1 Å². The number of nitrogens with two attached hydrogens (primary N) is 1. The normalized spacial score (nSPS) is 12.1. The van der Waals surface area contributed by atoms with Crippen molar-refractivity contribution >= 4 is 11.8 Å². The summed E-state index contributed by atoms with van der Waals surface area (Å²) in [6.07, 6.45) is -0.279. The van der Waals surface area contributed by atoms with Gasteiger partial charge in [0.2, 0.25) is 0 Å². The molecule has 0 aliphatic carbocycles. The Labute approximate surface area is 86.1 Å². The van der Waals surface area contributed by atoms with Crippen LogP contribution in [0.15, 0.2) is 24.3 Å². The Bertz CT molecular complexity index is 389. The van der Waals surface area contributed by atoms with E-state index in [1.165, 1.54) is 24.3 Å². The lowest BCUT2D eigenvalue weighted by molar-refractivity contribution is -0.138. The summed E-state index contributed by atoms with van der Waals surface area (Å²) in [5.74, 6) is -1.66. The van der Waals surface area contributed by atoms with Gasteiger partial charge in [0.25, 0.3) is 0 Å². The molecular weight excluding hydrogens is 198 g/mol. The Balaban J connectivity index is 2.73. The van der Waals surface area contributed by atoms with Crippen molar-refractivity contribution in [3.63, 3.8) is 0 Å². The summed E-state index contributed by atoms with van der Waals surface area (Å²) in [5.41, 5.74) is 5.47. The summed E-state index contributed by atoms with van der Waals surface area (Å²) in [6.45, 7) is 0. The zero-order chi connectivity index (χ0) is 11.4. The van der Waals surface area contributed by atoms with Crippen molar-refractivity contribution in [3.8, 4) is 5.75 Å².